The second kappa shape index (κ2) is 8.52. The van der Waals surface area contributed by atoms with Crippen LogP contribution < -0.4 is 4.74 Å². The van der Waals surface area contributed by atoms with Crippen molar-refractivity contribution in [2.24, 2.45) is 0 Å². The Balaban J connectivity index is 1.63. The van der Waals surface area contributed by atoms with E-state index in [1.165, 1.54) is 0 Å². The lowest BCUT2D eigenvalue weighted by molar-refractivity contribution is -0.134. The van der Waals surface area contributed by atoms with Crippen LogP contribution in [0.15, 0.2) is 41.8 Å². The number of carbonyl (C=O) groups is 2. The summed E-state index contributed by atoms with van der Waals surface area (Å²) in [4.78, 5) is 30.5. The van der Waals surface area contributed by atoms with E-state index in [9.17, 15) is 9.59 Å². The molecule has 0 aliphatic carbocycles. The molecule has 7 heteroatoms. The molecule has 0 radical (unpaired) electrons. The lowest BCUT2D eigenvalue weighted by atomic mass is 10.1. The molecule has 4 rings (SSSR count). The zero-order valence-corrected chi connectivity index (χ0v) is 18.4. The molecular weight excluding hydrogens is 398 g/mol. The van der Waals surface area contributed by atoms with Gasteiger partial charge in [-0.15, -0.1) is 11.3 Å². The van der Waals surface area contributed by atoms with Gasteiger partial charge in [0.05, 0.1) is 13.7 Å². The highest BCUT2D eigenvalue weighted by molar-refractivity contribution is 7.16. The quantitative estimate of drug-likeness (QED) is 0.624. The Morgan fingerprint density at radius 2 is 2.00 bits per heavy atom. The molecule has 158 valence electrons. The Kier molecular flexibility index (Phi) is 5.81. The van der Waals surface area contributed by atoms with E-state index in [0.29, 0.717) is 38.3 Å². The number of nitrogens with zero attached hydrogens (tertiary/aromatic N) is 3. The minimum absolute atomic E-state index is 0.0174. The molecule has 1 fully saturated rings. The molecule has 1 saturated heterocycles. The number of thiophene rings is 1. The van der Waals surface area contributed by atoms with Gasteiger partial charge in [0.2, 0.25) is 5.91 Å². The fourth-order valence-electron chi connectivity index (χ4n) is 4.19. The molecule has 1 aromatic carbocycles. The second-order valence-corrected chi connectivity index (χ2v) is 8.54. The molecule has 1 aliphatic heterocycles. The number of hydrogen-bond acceptors (Lipinski definition) is 4. The average molecular weight is 426 g/mol. The van der Waals surface area contributed by atoms with Gasteiger partial charge in [-0.05, 0) is 30.5 Å². The zero-order chi connectivity index (χ0) is 21.3. The normalized spacial score (nSPS) is 16.8. The summed E-state index contributed by atoms with van der Waals surface area (Å²) >= 11 is 1.64. The smallest absolute Gasteiger partial charge is 0.270 e. The third-order valence-corrected chi connectivity index (χ3v) is 6.73. The van der Waals surface area contributed by atoms with Crippen molar-refractivity contribution in [1.29, 1.82) is 0 Å². The maximum atomic E-state index is 13.5. The summed E-state index contributed by atoms with van der Waals surface area (Å²) < 4.78 is 7.61. The SMILES string of the molecule is CCC(=O)N1CCN(C(=O)c2cc3ccsc3n2Cc2ccccc2OC)CC1C. The molecule has 0 bridgehead atoms. The third-order valence-electron chi connectivity index (χ3n) is 5.78. The molecule has 1 atom stereocenters. The molecule has 3 aromatic rings. The van der Waals surface area contributed by atoms with Crippen LogP contribution in [0.5, 0.6) is 5.75 Å². The van der Waals surface area contributed by atoms with Crippen molar-refractivity contribution in [3.05, 3.63) is 53.0 Å². The van der Waals surface area contributed by atoms with Gasteiger partial charge in [0.1, 0.15) is 16.3 Å². The highest BCUT2D eigenvalue weighted by Crippen LogP contribution is 2.29. The minimum atomic E-state index is 0.0174. The maximum absolute atomic E-state index is 13.5. The van der Waals surface area contributed by atoms with Crippen molar-refractivity contribution in [1.82, 2.24) is 14.4 Å². The zero-order valence-electron chi connectivity index (χ0n) is 17.6. The fourth-order valence-corrected chi connectivity index (χ4v) is 5.09. The molecular formula is C23H27N3O3S. The number of rotatable bonds is 5. The van der Waals surface area contributed by atoms with Gasteiger partial charge < -0.3 is 19.1 Å². The lowest BCUT2D eigenvalue weighted by Crippen LogP contribution is -2.55. The van der Waals surface area contributed by atoms with Crippen LogP contribution >= 0.6 is 11.3 Å². The molecule has 1 unspecified atom stereocenters. The Hall–Kier alpha value is -2.80. The van der Waals surface area contributed by atoms with Gasteiger partial charge in [-0.3, -0.25) is 9.59 Å². The molecule has 0 saturated carbocycles. The van der Waals surface area contributed by atoms with Gasteiger partial charge >= 0.3 is 0 Å². The summed E-state index contributed by atoms with van der Waals surface area (Å²) in [6.07, 6.45) is 0.496. The van der Waals surface area contributed by atoms with Crippen molar-refractivity contribution in [2.45, 2.75) is 32.9 Å². The molecule has 0 spiro atoms. The number of aromatic nitrogens is 1. The van der Waals surface area contributed by atoms with Crippen molar-refractivity contribution in [3.8, 4) is 5.75 Å². The van der Waals surface area contributed by atoms with Gasteiger partial charge in [0.15, 0.2) is 0 Å². The number of hydrogen-bond donors (Lipinski definition) is 0. The first-order chi connectivity index (χ1) is 14.5. The maximum Gasteiger partial charge on any atom is 0.270 e. The number of para-hydroxylation sites is 1. The monoisotopic (exact) mass is 425 g/mol. The van der Waals surface area contributed by atoms with Crippen LogP contribution in [0.3, 0.4) is 0 Å². The van der Waals surface area contributed by atoms with Gasteiger partial charge in [-0.1, -0.05) is 25.1 Å². The lowest BCUT2D eigenvalue weighted by Gasteiger charge is -2.40. The van der Waals surface area contributed by atoms with E-state index in [2.05, 4.69) is 16.0 Å². The third kappa shape index (κ3) is 3.69. The summed E-state index contributed by atoms with van der Waals surface area (Å²) in [7, 11) is 1.67. The Morgan fingerprint density at radius 1 is 1.20 bits per heavy atom. The topological polar surface area (TPSA) is 54.8 Å². The highest BCUT2D eigenvalue weighted by atomic mass is 32.1. The molecule has 2 amide bonds. The number of fused-ring (bicyclic) bond motifs is 1. The highest BCUT2D eigenvalue weighted by Gasteiger charge is 2.31. The predicted octanol–water partition coefficient (Wildman–Crippen LogP) is 3.84. The number of piperazine rings is 1. The van der Waals surface area contributed by atoms with E-state index >= 15 is 0 Å². The molecule has 3 heterocycles. The van der Waals surface area contributed by atoms with Gasteiger partial charge in [0.25, 0.3) is 5.91 Å². The first-order valence-corrected chi connectivity index (χ1v) is 11.2. The van der Waals surface area contributed by atoms with Crippen LogP contribution in [0.1, 0.15) is 36.3 Å². The number of ether oxygens (including phenoxy) is 1. The van der Waals surface area contributed by atoms with E-state index < -0.39 is 0 Å². The predicted molar refractivity (Wildman–Crippen MR) is 119 cm³/mol. The largest absolute Gasteiger partial charge is 0.496 e. The van der Waals surface area contributed by atoms with Crippen molar-refractivity contribution in [3.63, 3.8) is 0 Å². The van der Waals surface area contributed by atoms with E-state index in [1.807, 2.05) is 54.0 Å². The van der Waals surface area contributed by atoms with Crippen LogP contribution in [-0.4, -0.2) is 59.0 Å². The van der Waals surface area contributed by atoms with E-state index in [1.54, 1.807) is 18.4 Å². The molecule has 30 heavy (non-hydrogen) atoms. The second-order valence-electron chi connectivity index (χ2n) is 7.65. The Labute approximate surface area is 180 Å². The van der Waals surface area contributed by atoms with E-state index in [4.69, 9.17) is 4.74 Å². The number of methoxy groups -OCH3 is 1. The van der Waals surface area contributed by atoms with Crippen molar-refractivity contribution in [2.75, 3.05) is 26.7 Å². The average Bonchev–Trinajstić information content (AvgIpc) is 3.35. The molecule has 6 nitrogen and oxygen atoms in total. The number of benzene rings is 1. The molecule has 1 aliphatic rings. The standard InChI is InChI=1S/C23H27N3O3S/c1-4-21(27)25-11-10-24(14-16(25)2)22(28)19-13-17-9-12-30-23(17)26(19)15-18-7-5-6-8-20(18)29-3/h5-9,12-13,16H,4,10-11,14-15H2,1-3H3. The van der Waals surface area contributed by atoms with Crippen LogP contribution in [0.25, 0.3) is 10.2 Å². The summed E-state index contributed by atoms with van der Waals surface area (Å²) in [6, 6.07) is 12.0. The van der Waals surface area contributed by atoms with Gasteiger partial charge in [0, 0.05) is 43.0 Å². The van der Waals surface area contributed by atoms with Crippen LogP contribution in [0.4, 0.5) is 0 Å². The molecule has 2 aromatic heterocycles. The minimum Gasteiger partial charge on any atom is -0.496 e. The van der Waals surface area contributed by atoms with Gasteiger partial charge in [-0.2, -0.15) is 0 Å². The number of amides is 2. The molecule has 0 N–H and O–H groups in total. The first kappa shape index (κ1) is 20.5. The Bertz CT molecular complexity index is 1070. The first-order valence-electron chi connectivity index (χ1n) is 10.3. The van der Waals surface area contributed by atoms with Crippen LogP contribution in [0, 0.1) is 0 Å². The van der Waals surface area contributed by atoms with E-state index in [-0.39, 0.29) is 17.9 Å². The summed E-state index contributed by atoms with van der Waals surface area (Å²) in [6.45, 7) is 6.16. The van der Waals surface area contributed by atoms with E-state index in [0.717, 1.165) is 21.5 Å². The number of carbonyl (C=O) groups excluding carboxylic acids is 2. The summed E-state index contributed by atoms with van der Waals surface area (Å²) in [5.74, 6) is 0.980. The van der Waals surface area contributed by atoms with Crippen molar-refractivity contribution >= 4 is 33.4 Å². The van der Waals surface area contributed by atoms with Crippen LogP contribution in [0.2, 0.25) is 0 Å². The van der Waals surface area contributed by atoms with Gasteiger partial charge in [-0.25, -0.2) is 0 Å². The summed E-state index contributed by atoms with van der Waals surface area (Å²) in [5, 5.41) is 3.13. The van der Waals surface area contributed by atoms with Crippen molar-refractivity contribution < 1.29 is 14.3 Å². The van der Waals surface area contributed by atoms with Crippen LogP contribution in [-0.2, 0) is 11.3 Å². The fraction of sp³-hybridized carbons (Fsp3) is 0.391. The Morgan fingerprint density at radius 3 is 2.73 bits per heavy atom. The summed E-state index contributed by atoms with van der Waals surface area (Å²) in [5.41, 5.74) is 1.72.